The van der Waals surface area contributed by atoms with E-state index in [9.17, 15) is 4.39 Å². The van der Waals surface area contributed by atoms with E-state index in [1.54, 1.807) is 6.07 Å². The molecule has 23 heavy (non-hydrogen) atoms. The molecule has 0 atom stereocenters. The number of guanidine groups is 1. The van der Waals surface area contributed by atoms with E-state index in [0.29, 0.717) is 12.5 Å². The van der Waals surface area contributed by atoms with Crippen LogP contribution in [0.25, 0.3) is 0 Å². The molecule has 1 aliphatic rings. The molecule has 0 aliphatic heterocycles. The molecule has 122 valence electrons. The minimum atomic E-state index is -0.279. The van der Waals surface area contributed by atoms with E-state index in [1.165, 1.54) is 29.7 Å². The van der Waals surface area contributed by atoms with Gasteiger partial charge in [0.05, 0.1) is 6.54 Å². The molecular formula is C17H18BrFIN3. The predicted octanol–water partition coefficient (Wildman–Crippen LogP) is 4.62. The fraction of sp³-hybridized carbons (Fsp3) is 0.235. The van der Waals surface area contributed by atoms with Gasteiger partial charge in [0.25, 0.3) is 0 Å². The third-order valence-electron chi connectivity index (χ3n) is 3.80. The van der Waals surface area contributed by atoms with Gasteiger partial charge in [-0.2, -0.15) is 0 Å². The number of hydrogen-bond donors (Lipinski definition) is 2. The quantitative estimate of drug-likeness (QED) is 0.375. The van der Waals surface area contributed by atoms with Gasteiger partial charge in [0, 0.05) is 10.2 Å². The van der Waals surface area contributed by atoms with Crippen LogP contribution >= 0.6 is 39.9 Å². The molecule has 3 N–H and O–H groups in total. The van der Waals surface area contributed by atoms with Gasteiger partial charge < -0.3 is 11.1 Å². The van der Waals surface area contributed by atoms with Crippen molar-refractivity contribution in [3.05, 3.63) is 63.4 Å². The Hall–Kier alpha value is -1.15. The lowest BCUT2D eigenvalue weighted by molar-refractivity contribution is 0.625. The average molecular weight is 490 g/mol. The van der Waals surface area contributed by atoms with Crippen LogP contribution in [0.5, 0.6) is 0 Å². The Labute approximate surface area is 160 Å². The molecule has 0 unspecified atom stereocenters. The van der Waals surface area contributed by atoms with E-state index in [-0.39, 0.29) is 29.8 Å². The lowest BCUT2D eigenvalue weighted by Crippen LogP contribution is -2.22. The fourth-order valence-corrected chi connectivity index (χ4v) is 3.04. The van der Waals surface area contributed by atoms with Gasteiger partial charge in [-0.05, 0) is 66.3 Å². The molecule has 0 bridgehead atoms. The smallest absolute Gasteiger partial charge is 0.193 e. The van der Waals surface area contributed by atoms with Gasteiger partial charge in [0.15, 0.2) is 5.96 Å². The summed E-state index contributed by atoms with van der Waals surface area (Å²) in [5.41, 5.74) is 10.4. The van der Waals surface area contributed by atoms with Gasteiger partial charge in [0.2, 0.25) is 0 Å². The van der Waals surface area contributed by atoms with Crippen molar-refractivity contribution in [2.75, 3.05) is 5.32 Å². The Bertz CT molecular complexity index is 734. The molecular weight excluding hydrogens is 472 g/mol. The van der Waals surface area contributed by atoms with Crippen LogP contribution in [-0.2, 0) is 19.4 Å². The number of rotatable bonds is 3. The highest BCUT2D eigenvalue weighted by molar-refractivity contribution is 14.0. The van der Waals surface area contributed by atoms with E-state index < -0.39 is 0 Å². The van der Waals surface area contributed by atoms with Crippen LogP contribution in [0.2, 0.25) is 0 Å². The highest BCUT2D eigenvalue weighted by Crippen LogP contribution is 2.25. The summed E-state index contributed by atoms with van der Waals surface area (Å²) in [6.07, 6.45) is 3.50. The maximum absolute atomic E-state index is 13.2. The lowest BCUT2D eigenvalue weighted by atomic mass is 10.1. The van der Waals surface area contributed by atoms with Gasteiger partial charge in [-0.15, -0.1) is 24.0 Å². The predicted molar refractivity (Wildman–Crippen MR) is 107 cm³/mol. The van der Waals surface area contributed by atoms with Crippen LogP contribution in [0.3, 0.4) is 0 Å². The molecule has 0 heterocycles. The maximum atomic E-state index is 13.2. The van der Waals surface area contributed by atoms with Gasteiger partial charge in [-0.1, -0.05) is 22.0 Å². The van der Waals surface area contributed by atoms with Gasteiger partial charge in [0.1, 0.15) is 5.82 Å². The van der Waals surface area contributed by atoms with Crippen molar-refractivity contribution in [3.63, 3.8) is 0 Å². The molecule has 0 spiro atoms. The highest BCUT2D eigenvalue weighted by atomic mass is 127. The first kappa shape index (κ1) is 18.2. The van der Waals surface area contributed by atoms with Crippen LogP contribution in [0.4, 0.5) is 10.1 Å². The maximum Gasteiger partial charge on any atom is 0.193 e. The molecule has 3 rings (SSSR count). The second-order valence-corrected chi connectivity index (χ2v) is 6.25. The third-order valence-corrected chi connectivity index (χ3v) is 4.57. The monoisotopic (exact) mass is 489 g/mol. The van der Waals surface area contributed by atoms with Gasteiger partial charge >= 0.3 is 0 Å². The minimum Gasteiger partial charge on any atom is -0.370 e. The Balaban J connectivity index is 0.00000192. The molecule has 0 fully saturated rings. The Kier molecular flexibility index (Phi) is 6.41. The van der Waals surface area contributed by atoms with Crippen molar-refractivity contribution in [1.82, 2.24) is 0 Å². The van der Waals surface area contributed by atoms with Crippen LogP contribution in [0.1, 0.15) is 23.1 Å². The van der Waals surface area contributed by atoms with Crippen LogP contribution in [0.15, 0.2) is 45.9 Å². The zero-order valence-electron chi connectivity index (χ0n) is 12.5. The number of hydrogen-bond acceptors (Lipinski definition) is 1. The first-order valence-electron chi connectivity index (χ1n) is 7.24. The van der Waals surface area contributed by atoms with Gasteiger partial charge in [-0.3, -0.25) is 0 Å². The third kappa shape index (κ3) is 4.67. The first-order chi connectivity index (χ1) is 10.6. The number of halogens is 3. The summed E-state index contributed by atoms with van der Waals surface area (Å²) >= 11 is 3.38. The van der Waals surface area contributed by atoms with Crippen LogP contribution < -0.4 is 11.1 Å². The molecule has 2 aromatic rings. The second kappa shape index (κ2) is 8.10. The molecule has 0 saturated carbocycles. The number of anilines is 1. The number of aliphatic imine (C=N–C) groups is 1. The lowest BCUT2D eigenvalue weighted by Gasteiger charge is -2.08. The first-order valence-corrected chi connectivity index (χ1v) is 8.04. The number of benzene rings is 2. The zero-order valence-corrected chi connectivity index (χ0v) is 16.4. The summed E-state index contributed by atoms with van der Waals surface area (Å²) < 4.78 is 14.1. The molecule has 0 radical (unpaired) electrons. The molecule has 0 saturated heterocycles. The molecule has 0 amide bonds. The van der Waals surface area contributed by atoms with Gasteiger partial charge in [-0.25, -0.2) is 9.38 Å². The standard InChI is InChI=1S/C17H17BrFN3.HI/c18-16-7-5-14(19)8-13(16)10-21-17(20)22-15-6-4-11-2-1-3-12(11)9-15;/h4-9H,1-3,10H2,(H3,20,21,22);1H. The molecule has 3 nitrogen and oxygen atoms in total. The van der Waals surface area contributed by atoms with Crippen molar-refractivity contribution >= 4 is 51.6 Å². The van der Waals surface area contributed by atoms with Crippen molar-refractivity contribution in [2.45, 2.75) is 25.8 Å². The minimum absolute atomic E-state index is 0. The summed E-state index contributed by atoms with van der Waals surface area (Å²) in [5.74, 6) is 0.0488. The van der Waals surface area contributed by atoms with E-state index in [2.05, 4.69) is 38.4 Å². The van der Waals surface area contributed by atoms with Crippen molar-refractivity contribution in [2.24, 2.45) is 10.7 Å². The Morgan fingerprint density at radius 1 is 1.17 bits per heavy atom. The molecule has 0 aromatic heterocycles. The number of fused-ring (bicyclic) bond motifs is 1. The van der Waals surface area contributed by atoms with E-state index >= 15 is 0 Å². The molecule has 1 aliphatic carbocycles. The number of nitrogens with zero attached hydrogens (tertiary/aromatic N) is 1. The second-order valence-electron chi connectivity index (χ2n) is 5.40. The number of aryl methyl sites for hydroxylation is 2. The number of nitrogens with one attached hydrogen (secondary N) is 1. The summed E-state index contributed by atoms with van der Waals surface area (Å²) in [4.78, 5) is 4.27. The van der Waals surface area contributed by atoms with Crippen molar-refractivity contribution in [1.29, 1.82) is 0 Å². The van der Waals surface area contributed by atoms with E-state index in [4.69, 9.17) is 5.73 Å². The van der Waals surface area contributed by atoms with Crippen molar-refractivity contribution < 1.29 is 4.39 Å². The van der Waals surface area contributed by atoms with Crippen LogP contribution in [-0.4, -0.2) is 5.96 Å². The summed E-state index contributed by atoms with van der Waals surface area (Å²) in [5, 5.41) is 3.09. The number of nitrogens with two attached hydrogens (primary N) is 1. The highest BCUT2D eigenvalue weighted by Gasteiger charge is 2.10. The Morgan fingerprint density at radius 3 is 2.78 bits per heavy atom. The summed E-state index contributed by atoms with van der Waals surface area (Å²) in [7, 11) is 0. The normalized spacial score (nSPS) is 13.4. The summed E-state index contributed by atoms with van der Waals surface area (Å²) in [6, 6.07) is 10.8. The average Bonchev–Trinajstić information content (AvgIpc) is 2.96. The van der Waals surface area contributed by atoms with Crippen LogP contribution in [0, 0.1) is 5.82 Å². The fourth-order valence-electron chi connectivity index (χ4n) is 2.67. The zero-order chi connectivity index (χ0) is 15.5. The largest absolute Gasteiger partial charge is 0.370 e. The summed E-state index contributed by atoms with van der Waals surface area (Å²) in [6.45, 7) is 0.322. The van der Waals surface area contributed by atoms with Crippen molar-refractivity contribution in [3.8, 4) is 0 Å². The Morgan fingerprint density at radius 2 is 1.96 bits per heavy atom. The molecule has 2 aromatic carbocycles. The molecule has 6 heteroatoms. The van der Waals surface area contributed by atoms with E-state index in [0.717, 1.165) is 28.6 Å². The van der Waals surface area contributed by atoms with E-state index in [1.807, 2.05) is 6.07 Å². The topological polar surface area (TPSA) is 50.4 Å². The SMILES string of the molecule is I.NC(=NCc1cc(F)ccc1Br)Nc1ccc2c(c1)CCC2.